The van der Waals surface area contributed by atoms with Crippen LogP contribution in [0.3, 0.4) is 0 Å². The maximum Gasteiger partial charge on any atom is 0.248 e. The van der Waals surface area contributed by atoms with Crippen LogP contribution in [0.25, 0.3) is 44.5 Å². The van der Waals surface area contributed by atoms with E-state index in [1.807, 2.05) is 59.7 Å². The van der Waals surface area contributed by atoms with Crippen LogP contribution >= 0.6 is 0 Å². The molecule has 8 rings (SSSR count). The smallest absolute Gasteiger partial charge is 0.248 e. The lowest BCUT2D eigenvalue weighted by Gasteiger charge is -2.26. The van der Waals surface area contributed by atoms with E-state index in [1.54, 1.807) is 48.3 Å². The summed E-state index contributed by atoms with van der Waals surface area (Å²) in [5.41, 5.74) is 17.5. The number of morpholine rings is 1. The van der Waals surface area contributed by atoms with E-state index in [4.69, 9.17) is 45.4 Å². The summed E-state index contributed by atoms with van der Waals surface area (Å²) in [5.74, 6) is 0.515. The first-order valence-electron chi connectivity index (χ1n) is 22.8. The first kappa shape index (κ1) is 46.6. The molecule has 0 unspecified atom stereocenters. The van der Waals surface area contributed by atoms with Crippen LogP contribution in [-0.4, -0.2) is 126 Å². The van der Waals surface area contributed by atoms with Gasteiger partial charge in [-0.25, -0.2) is 15.0 Å². The Morgan fingerprint density at radius 2 is 1.42 bits per heavy atom. The van der Waals surface area contributed by atoms with Gasteiger partial charge < -0.3 is 39.5 Å². The minimum absolute atomic E-state index is 0.0393. The van der Waals surface area contributed by atoms with Crippen molar-refractivity contribution in [3.8, 4) is 23.0 Å². The van der Waals surface area contributed by atoms with Gasteiger partial charge in [-0.1, -0.05) is 12.2 Å². The molecule has 2 aromatic carbocycles. The Hall–Kier alpha value is -6.96. The molecule has 67 heavy (non-hydrogen) atoms. The van der Waals surface area contributed by atoms with Crippen LogP contribution in [0.4, 0.5) is 0 Å². The highest BCUT2D eigenvalue weighted by Gasteiger charge is 2.24. The molecule has 0 bridgehead atoms. The van der Waals surface area contributed by atoms with Crippen molar-refractivity contribution in [3.63, 3.8) is 0 Å². The molecular formula is C48H58N12O7. The summed E-state index contributed by atoms with van der Waals surface area (Å²) < 4.78 is 31.2. The molecule has 0 saturated carbocycles. The number of carbonyl (C=O) groups is 3. The zero-order chi connectivity index (χ0) is 47.2. The maximum absolute atomic E-state index is 14.1. The molecule has 1 aliphatic heterocycles. The normalized spacial score (nSPS) is 13.4. The number of hydrogen-bond acceptors (Lipinski definition) is 13. The van der Waals surface area contributed by atoms with E-state index in [0.717, 1.165) is 43.1 Å². The van der Waals surface area contributed by atoms with E-state index in [1.165, 1.54) is 0 Å². The number of nitrogens with zero attached hydrogens (tertiary/aromatic N) is 10. The van der Waals surface area contributed by atoms with E-state index in [-0.39, 0.29) is 29.9 Å². The fourth-order valence-electron chi connectivity index (χ4n) is 8.63. The van der Waals surface area contributed by atoms with E-state index in [9.17, 15) is 14.4 Å². The number of allylic oxidation sites excluding steroid dienone is 2. The highest BCUT2D eigenvalue weighted by molar-refractivity contribution is 6.11. The molecule has 5 aromatic heterocycles. The minimum Gasteiger partial charge on any atom is -0.491 e. The van der Waals surface area contributed by atoms with Crippen molar-refractivity contribution >= 4 is 50.6 Å². The van der Waals surface area contributed by atoms with Gasteiger partial charge in [0, 0.05) is 94.0 Å². The number of ether oxygens (including phenoxy) is 4. The number of rotatable bonds is 22. The second kappa shape index (κ2) is 20.7. The number of methoxy groups -OCH3 is 1. The number of aromatic nitrogens is 9. The van der Waals surface area contributed by atoms with Gasteiger partial charge in [-0.2, -0.15) is 10.2 Å². The molecule has 1 fully saturated rings. The number of amides is 2. The molecule has 1 aliphatic rings. The van der Waals surface area contributed by atoms with Gasteiger partial charge in [0.1, 0.15) is 39.9 Å². The lowest BCUT2D eigenvalue weighted by Crippen LogP contribution is -2.37. The average molecular weight is 915 g/mol. The topological polar surface area (TPSA) is 228 Å². The second-order valence-electron chi connectivity index (χ2n) is 16.5. The number of primary amides is 2. The number of fused-ring (bicyclic) bond motifs is 4. The third kappa shape index (κ3) is 10.1. The molecule has 6 heterocycles. The Morgan fingerprint density at radius 3 is 2.12 bits per heavy atom. The molecule has 2 amide bonds. The van der Waals surface area contributed by atoms with Gasteiger partial charge >= 0.3 is 0 Å². The molecule has 19 nitrogen and oxygen atoms in total. The van der Waals surface area contributed by atoms with Gasteiger partial charge in [-0.3, -0.25) is 28.6 Å². The zero-order valence-corrected chi connectivity index (χ0v) is 38.8. The van der Waals surface area contributed by atoms with Crippen molar-refractivity contribution < 1.29 is 33.3 Å². The van der Waals surface area contributed by atoms with Crippen molar-refractivity contribution in [1.29, 1.82) is 0 Å². The molecular weight excluding hydrogens is 857 g/mol. The number of Topliss-reactive ketones (excluding diaryl/α,β-unsaturated/α-hetero) is 1. The number of hydrogen-bond donors (Lipinski definition) is 2. The lowest BCUT2D eigenvalue weighted by atomic mass is 10.1. The molecule has 0 aliphatic carbocycles. The Morgan fingerprint density at radius 1 is 0.761 bits per heavy atom. The fourth-order valence-corrected chi connectivity index (χ4v) is 8.63. The summed E-state index contributed by atoms with van der Waals surface area (Å²) in [7, 11) is 1.63. The number of benzene rings is 2. The SMILES string of the molecule is CCn1nc(C)cc1C(=O)Cc1nc2cc(C(N)=O)cc(OCCCN3CCOCC3)c2n1C/C=C/Cn1c2nc(-c3cc(C)nn3CC)ncc2c2cc(C(N)=O)cc(OCCCOC)c21. The average Bonchev–Trinajstić information content (AvgIpc) is 4.09. The van der Waals surface area contributed by atoms with E-state index in [0.29, 0.717) is 121 Å². The first-order valence-corrected chi connectivity index (χ1v) is 22.8. The molecule has 0 spiro atoms. The predicted molar refractivity (Wildman–Crippen MR) is 253 cm³/mol. The Bertz CT molecular complexity index is 2970. The van der Waals surface area contributed by atoms with Crippen LogP contribution in [0.1, 0.15) is 75.1 Å². The summed E-state index contributed by atoms with van der Waals surface area (Å²) in [6.45, 7) is 14.6. The standard InChI is InChI=1S/C48H58N12O7/c1-6-59-37(22-30(3)54-59)39(61)28-42-52-36-25-33(46(50)63)27-41(66-18-10-12-56-15-20-65-21-16-56)44(36)57(42)13-8-9-14-58-43-34(24-32(45(49)62)26-40(43)67-19-11-17-64-5)35-29-51-47(53-48(35)58)38-23-31(4)55-60(38)7-2/h8-9,22-27,29H,6-7,10-21,28H2,1-5H3,(H2,49,62)(H2,50,63)/b9-8+. The molecule has 0 atom stereocenters. The van der Waals surface area contributed by atoms with Crippen molar-refractivity contribution in [2.45, 2.75) is 73.1 Å². The van der Waals surface area contributed by atoms with Gasteiger partial charge in [-0.15, -0.1) is 0 Å². The molecule has 19 heteroatoms. The van der Waals surface area contributed by atoms with Crippen molar-refractivity contribution in [3.05, 3.63) is 88.8 Å². The Labute approximate surface area is 387 Å². The van der Waals surface area contributed by atoms with Gasteiger partial charge in [0.25, 0.3) is 0 Å². The molecule has 0 radical (unpaired) electrons. The number of imidazole rings is 1. The number of nitrogens with two attached hydrogens (primary N) is 2. The van der Waals surface area contributed by atoms with Crippen LogP contribution in [-0.2, 0) is 42.1 Å². The summed E-state index contributed by atoms with van der Waals surface area (Å²) in [6, 6.07) is 10.4. The zero-order valence-electron chi connectivity index (χ0n) is 38.8. The number of aryl methyl sites for hydroxylation is 4. The molecule has 7 aromatic rings. The fraction of sp³-hybridized carbons (Fsp3) is 0.417. The lowest BCUT2D eigenvalue weighted by molar-refractivity contribution is 0.0358. The van der Waals surface area contributed by atoms with Gasteiger partial charge in [0.15, 0.2) is 11.6 Å². The molecule has 352 valence electrons. The molecule has 1 saturated heterocycles. The summed E-state index contributed by atoms with van der Waals surface area (Å²) in [5, 5.41) is 10.5. The Balaban J connectivity index is 1.20. The number of carbonyl (C=O) groups excluding carboxylic acids is 3. The van der Waals surface area contributed by atoms with E-state index in [2.05, 4.69) is 15.1 Å². The maximum atomic E-state index is 14.1. The third-order valence-corrected chi connectivity index (χ3v) is 11.8. The Kier molecular flexibility index (Phi) is 14.4. The summed E-state index contributed by atoms with van der Waals surface area (Å²) in [4.78, 5) is 56.6. The predicted octanol–water partition coefficient (Wildman–Crippen LogP) is 5.05. The molecule has 4 N–H and O–H groups in total. The van der Waals surface area contributed by atoms with Crippen LogP contribution in [0.5, 0.6) is 11.5 Å². The van der Waals surface area contributed by atoms with E-state index < -0.39 is 11.8 Å². The third-order valence-electron chi connectivity index (χ3n) is 11.8. The number of ketones is 1. The van der Waals surface area contributed by atoms with E-state index >= 15 is 0 Å². The monoisotopic (exact) mass is 914 g/mol. The quantitative estimate of drug-likeness (QED) is 0.0517. The highest BCUT2D eigenvalue weighted by Crippen LogP contribution is 2.37. The van der Waals surface area contributed by atoms with Gasteiger partial charge in [-0.05, 0) is 70.5 Å². The van der Waals surface area contributed by atoms with Crippen LogP contribution in [0, 0.1) is 13.8 Å². The van der Waals surface area contributed by atoms with Crippen molar-refractivity contribution in [2.24, 2.45) is 11.5 Å². The van der Waals surface area contributed by atoms with Crippen molar-refractivity contribution in [2.75, 3.05) is 59.8 Å². The first-order chi connectivity index (χ1) is 32.5. The minimum atomic E-state index is -0.619. The highest BCUT2D eigenvalue weighted by atomic mass is 16.5. The van der Waals surface area contributed by atoms with Crippen molar-refractivity contribution in [1.82, 2.24) is 48.5 Å². The van der Waals surface area contributed by atoms with Gasteiger partial charge in [0.2, 0.25) is 11.8 Å². The summed E-state index contributed by atoms with van der Waals surface area (Å²) >= 11 is 0. The largest absolute Gasteiger partial charge is 0.491 e. The second-order valence-corrected chi connectivity index (χ2v) is 16.5. The van der Waals surface area contributed by atoms with Crippen LogP contribution in [0.15, 0.2) is 54.7 Å². The van der Waals surface area contributed by atoms with Crippen LogP contribution < -0.4 is 20.9 Å². The summed E-state index contributed by atoms with van der Waals surface area (Å²) in [6.07, 6.45) is 7.08. The van der Waals surface area contributed by atoms with Crippen LogP contribution in [0.2, 0.25) is 0 Å². The van der Waals surface area contributed by atoms with Gasteiger partial charge in [0.05, 0.1) is 55.3 Å².